The number of anilines is 1. The van der Waals surface area contributed by atoms with Crippen LogP contribution < -0.4 is 5.32 Å². The number of pyridine rings is 1. The maximum atomic E-state index is 12.6. The van der Waals surface area contributed by atoms with E-state index in [1.165, 1.54) is 0 Å². The maximum Gasteiger partial charge on any atom is 0.297 e. The Hall–Kier alpha value is -3.50. The van der Waals surface area contributed by atoms with Crippen LogP contribution in [0.1, 0.15) is 63.3 Å². The van der Waals surface area contributed by atoms with Gasteiger partial charge in [0.15, 0.2) is 0 Å². The normalized spacial score (nSPS) is 9.03. The Morgan fingerprint density at radius 3 is 2.24 bits per heavy atom. The molecule has 3 heterocycles. The van der Waals surface area contributed by atoms with Crippen molar-refractivity contribution >= 4 is 33.7 Å². The molecule has 0 radical (unpaired) electrons. The summed E-state index contributed by atoms with van der Waals surface area (Å²) in [5.41, 5.74) is 4.40. The Kier molecular flexibility index (Phi) is 13.7. The van der Waals surface area contributed by atoms with Gasteiger partial charge in [-0.15, -0.1) is 0 Å². The van der Waals surface area contributed by atoms with Gasteiger partial charge in [0, 0.05) is 23.9 Å². The summed E-state index contributed by atoms with van der Waals surface area (Å²) >= 11 is 1.16. The molecular formula is C26H34N4O2S. The van der Waals surface area contributed by atoms with Crippen molar-refractivity contribution in [3.05, 3.63) is 77.8 Å². The van der Waals surface area contributed by atoms with Gasteiger partial charge in [-0.25, -0.2) is 0 Å². The quantitative estimate of drug-likeness (QED) is 0.194. The second-order valence-corrected chi connectivity index (χ2v) is 7.45. The van der Waals surface area contributed by atoms with Crippen molar-refractivity contribution in [1.29, 1.82) is 5.26 Å². The third-order valence-electron chi connectivity index (χ3n) is 3.75. The van der Waals surface area contributed by atoms with Gasteiger partial charge in [-0.1, -0.05) is 52.5 Å². The van der Waals surface area contributed by atoms with E-state index in [1.54, 1.807) is 19.1 Å². The lowest BCUT2D eigenvalue weighted by Crippen LogP contribution is -2.22. The van der Waals surface area contributed by atoms with Crippen LogP contribution in [0, 0.1) is 18.3 Å². The monoisotopic (exact) mass is 466 g/mol. The van der Waals surface area contributed by atoms with Crippen LogP contribution in [-0.4, -0.2) is 20.5 Å². The van der Waals surface area contributed by atoms with E-state index in [1.807, 2.05) is 76.4 Å². The minimum absolute atomic E-state index is 0.394. The molecule has 3 rings (SSSR count). The number of nitriles is 1. The van der Waals surface area contributed by atoms with E-state index in [4.69, 9.17) is 5.26 Å². The highest BCUT2D eigenvalue weighted by atomic mass is 32.1. The molecule has 3 aromatic rings. The molecule has 1 amide bonds. The van der Waals surface area contributed by atoms with Crippen LogP contribution in [0.4, 0.5) is 5.00 Å². The Morgan fingerprint density at radius 2 is 1.76 bits per heavy atom. The fourth-order valence-corrected chi connectivity index (χ4v) is 3.22. The topological polar surface area (TPSA) is 87.3 Å². The average Bonchev–Trinajstić information content (AvgIpc) is 3.39. The number of aromatic nitrogens is 2. The first-order chi connectivity index (χ1) is 15.7. The van der Waals surface area contributed by atoms with Gasteiger partial charge in [0.05, 0.1) is 22.8 Å². The molecular weight excluding hydrogens is 432 g/mol. The van der Waals surface area contributed by atoms with Crippen molar-refractivity contribution < 1.29 is 9.59 Å². The van der Waals surface area contributed by atoms with E-state index in [0.717, 1.165) is 34.0 Å². The number of nitrogens with one attached hydrogen (secondary N) is 1. The predicted molar refractivity (Wildman–Crippen MR) is 139 cm³/mol. The van der Waals surface area contributed by atoms with Gasteiger partial charge in [-0.3, -0.25) is 9.59 Å². The van der Waals surface area contributed by atoms with Gasteiger partial charge >= 0.3 is 0 Å². The average molecular weight is 467 g/mol. The molecule has 0 saturated heterocycles. The van der Waals surface area contributed by atoms with Gasteiger partial charge in [0.25, 0.3) is 11.7 Å². The summed E-state index contributed by atoms with van der Waals surface area (Å²) in [6.07, 6.45) is 2.53. The number of allylic oxidation sites excluding steroid dienone is 2. The third-order valence-corrected chi connectivity index (χ3v) is 4.54. The fraction of sp³-hybridized carbons (Fsp3) is 0.308. The number of fused-ring (bicyclic) bond motifs is 1. The molecule has 0 fully saturated rings. The van der Waals surface area contributed by atoms with Gasteiger partial charge in [-0.2, -0.15) is 9.64 Å². The molecule has 6 nitrogen and oxygen atoms in total. The van der Waals surface area contributed by atoms with E-state index in [2.05, 4.69) is 22.8 Å². The molecule has 0 aliphatic heterocycles. The van der Waals surface area contributed by atoms with Crippen molar-refractivity contribution in [2.24, 2.45) is 0 Å². The van der Waals surface area contributed by atoms with Crippen molar-refractivity contribution in [2.45, 2.75) is 54.9 Å². The first-order valence-corrected chi connectivity index (χ1v) is 11.6. The number of hydrogen-bond donors (Lipinski definition) is 1. The first kappa shape index (κ1) is 29.5. The maximum absolute atomic E-state index is 12.6. The van der Waals surface area contributed by atoms with Gasteiger partial charge in [-0.05, 0) is 56.6 Å². The smallest absolute Gasteiger partial charge is 0.297 e. The van der Waals surface area contributed by atoms with Crippen molar-refractivity contribution in [1.82, 2.24) is 8.77 Å². The number of ketones is 1. The lowest BCUT2D eigenvalue weighted by molar-refractivity contribution is -0.112. The van der Waals surface area contributed by atoms with Crippen LogP contribution in [-0.2, 0) is 11.2 Å². The number of amides is 1. The largest absolute Gasteiger partial charge is 0.320 e. The Morgan fingerprint density at radius 1 is 1.15 bits per heavy atom. The Balaban J connectivity index is 0.000000991. The molecule has 0 aromatic carbocycles. The molecule has 0 spiro atoms. The highest BCUT2D eigenvalue weighted by Crippen LogP contribution is 2.21. The summed E-state index contributed by atoms with van der Waals surface area (Å²) in [4.78, 5) is 24.9. The molecule has 176 valence electrons. The molecule has 7 heteroatoms. The molecule has 1 N–H and O–H groups in total. The number of Topliss-reactive ketones (excluding diaryl/α,β-unsaturated/α-hetero) is 1. The van der Waals surface area contributed by atoms with E-state index >= 15 is 0 Å². The molecule has 0 atom stereocenters. The van der Waals surface area contributed by atoms with E-state index < -0.39 is 11.7 Å². The van der Waals surface area contributed by atoms with E-state index in [-0.39, 0.29) is 0 Å². The van der Waals surface area contributed by atoms with Crippen molar-refractivity contribution in [2.75, 3.05) is 5.32 Å². The molecule has 0 bridgehead atoms. The van der Waals surface area contributed by atoms with Gasteiger partial charge in [0.2, 0.25) is 0 Å². The molecule has 0 aliphatic carbocycles. The predicted octanol–water partition coefficient (Wildman–Crippen LogP) is 6.78. The van der Waals surface area contributed by atoms with Crippen molar-refractivity contribution in [3.8, 4) is 6.07 Å². The van der Waals surface area contributed by atoms with Crippen LogP contribution in [0.15, 0.2) is 60.8 Å². The number of carbonyl (C=O) groups is 2. The van der Waals surface area contributed by atoms with Gasteiger partial charge < -0.3 is 9.72 Å². The lowest BCUT2D eigenvalue weighted by atomic mass is 10.1. The minimum Gasteiger partial charge on any atom is -0.320 e. The van der Waals surface area contributed by atoms with Gasteiger partial charge in [0.1, 0.15) is 5.00 Å². The zero-order chi connectivity index (χ0) is 25.6. The van der Waals surface area contributed by atoms with Crippen LogP contribution >= 0.6 is 11.5 Å². The standard InChI is InChI=1S/C18H17N3O2S.C4H5N.2C2H6/c1-11(2)8-13-10-14(15-6-4-5-7-21(13)15)17(22)18(23)19-16-9-12(3)20-24-16;1-4(2)3-5;2*1-2/h4-7,9-10H,1,8H2,2-3H3,(H,19,23);1H2,2H3;2*1-2H3. The first-order valence-electron chi connectivity index (χ1n) is 10.8. The summed E-state index contributed by atoms with van der Waals surface area (Å²) < 4.78 is 6.01. The highest BCUT2D eigenvalue weighted by Gasteiger charge is 2.22. The number of hydrogen-bond acceptors (Lipinski definition) is 5. The second kappa shape index (κ2) is 15.3. The van der Waals surface area contributed by atoms with Crippen LogP contribution in [0.25, 0.3) is 5.52 Å². The summed E-state index contributed by atoms with van der Waals surface area (Å²) in [5.74, 6) is -1.21. The lowest BCUT2D eigenvalue weighted by Gasteiger charge is -2.02. The van der Waals surface area contributed by atoms with E-state index in [9.17, 15) is 9.59 Å². The van der Waals surface area contributed by atoms with E-state index in [0.29, 0.717) is 22.6 Å². The molecule has 0 aliphatic rings. The SMILES string of the molecule is C=C(C)C#N.C=C(C)Cc1cc(C(=O)C(=O)Nc2cc(C)ns2)c2ccccn12.CC.CC. The highest BCUT2D eigenvalue weighted by molar-refractivity contribution is 7.10. The van der Waals surface area contributed by atoms with Crippen molar-refractivity contribution in [3.63, 3.8) is 0 Å². The van der Waals surface area contributed by atoms with Crippen LogP contribution in [0.3, 0.4) is 0 Å². The Bertz CT molecular complexity index is 1130. The number of aryl methyl sites for hydroxylation is 1. The van der Waals surface area contributed by atoms with Crippen LogP contribution in [0.5, 0.6) is 0 Å². The summed E-state index contributed by atoms with van der Waals surface area (Å²) in [7, 11) is 0. The zero-order valence-electron chi connectivity index (χ0n) is 20.7. The van der Waals surface area contributed by atoms with Crippen LogP contribution in [0.2, 0.25) is 0 Å². The minimum atomic E-state index is -0.656. The second-order valence-electron chi connectivity index (χ2n) is 6.65. The Labute approximate surface area is 201 Å². The number of carbonyl (C=O) groups excluding carboxylic acids is 2. The summed E-state index contributed by atoms with van der Waals surface area (Å²) in [6.45, 7) is 20.7. The molecule has 33 heavy (non-hydrogen) atoms. The third kappa shape index (κ3) is 9.26. The summed E-state index contributed by atoms with van der Waals surface area (Å²) in [6, 6.07) is 10.9. The zero-order valence-corrected chi connectivity index (χ0v) is 21.5. The number of rotatable bonds is 5. The molecule has 0 unspecified atom stereocenters. The molecule has 3 aromatic heterocycles. The number of nitrogens with zero attached hydrogens (tertiary/aromatic N) is 3. The molecule has 0 saturated carbocycles. The summed E-state index contributed by atoms with van der Waals surface area (Å²) in [5, 5.41) is 11.0. The fourth-order valence-electron chi connectivity index (χ4n) is 2.56.